The standard InChI is InChI=1S/C19H23NO3S/c1-14-7-12-24-17(14)16(21)13-20-18(22)19(8-10-23-11-9-19)15-5-3-2-4-6-15/h2-7,12,16,21H,8-11,13H2,1H3,(H,20,22)/t16-/m1/s1. The number of aryl methyl sites for hydroxylation is 1. The van der Waals surface area contributed by atoms with Crippen LogP contribution in [0.5, 0.6) is 0 Å². The number of carbonyl (C=O) groups excluding carboxylic acids is 1. The number of aliphatic hydroxyl groups excluding tert-OH is 1. The molecular weight excluding hydrogens is 322 g/mol. The zero-order chi connectivity index (χ0) is 17.0. The van der Waals surface area contributed by atoms with Gasteiger partial charge in [0.15, 0.2) is 0 Å². The van der Waals surface area contributed by atoms with Crippen LogP contribution in [0.2, 0.25) is 0 Å². The maximum atomic E-state index is 13.0. The largest absolute Gasteiger partial charge is 0.386 e. The molecule has 4 nitrogen and oxygen atoms in total. The van der Waals surface area contributed by atoms with Gasteiger partial charge < -0.3 is 15.2 Å². The quantitative estimate of drug-likeness (QED) is 0.876. The molecule has 2 aromatic rings. The van der Waals surface area contributed by atoms with Crippen molar-refractivity contribution in [2.75, 3.05) is 19.8 Å². The van der Waals surface area contributed by atoms with E-state index in [0.29, 0.717) is 26.1 Å². The number of aliphatic hydroxyl groups is 1. The number of rotatable bonds is 5. The van der Waals surface area contributed by atoms with E-state index in [4.69, 9.17) is 4.74 Å². The fraction of sp³-hybridized carbons (Fsp3) is 0.421. The molecule has 5 heteroatoms. The number of nitrogens with one attached hydrogen (secondary N) is 1. The highest BCUT2D eigenvalue weighted by molar-refractivity contribution is 7.10. The maximum Gasteiger partial charge on any atom is 0.230 e. The van der Waals surface area contributed by atoms with E-state index in [2.05, 4.69) is 5.32 Å². The minimum Gasteiger partial charge on any atom is -0.386 e. The third kappa shape index (κ3) is 3.38. The van der Waals surface area contributed by atoms with Crippen LogP contribution in [0.15, 0.2) is 41.8 Å². The third-order valence-electron chi connectivity index (χ3n) is 4.77. The average Bonchev–Trinajstić information content (AvgIpc) is 3.06. The van der Waals surface area contributed by atoms with Crippen molar-refractivity contribution in [3.05, 3.63) is 57.8 Å². The van der Waals surface area contributed by atoms with Gasteiger partial charge in [-0.1, -0.05) is 30.3 Å². The van der Waals surface area contributed by atoms with Crippen molar-refractivity contribution in [2.45, 2.75) is 31.3 Å². The summed E-state index contributed by atoms with van der Waals surface area (Å²) in [7, 11) is 0. The monoisotopic (exact) mass is 345 g/mol. The van der Waals surface area contributed by atoms with Crippen LogP contribution in [0.3, 0.4) is 0 Å². The molecule has 1 saturated heterocycles. The van der Waals surface area contributed by atoms with Crippen molar-refractivity contribution < 1.29 is 14.6 Å². The van der Waals surface area contributed by atoms with E-state index in [9.17, 15) is 9.90 Å². The first kappa shape index (κ1) is 17.1. The van der Waals surface area contributed by atoms with Crippen LogP contribution >= 0.6 is 11.3 Å². The summed E-state index contributed by atoms with van der Waals surface area (Å²) in [4.78, 5) is 13.9. The molecule has 0 aliphatic carbocycles. The highest BCUT2D eigenvalue weighted by Gasteiger charge is 2.41. The van der Waals surface area contributed by atoms with Crippen molar-refractivity contribution in [1.82, 2.24) is 5.32 Å². The van der Waals surface area contributed by atoms with Gasteiger partial charge in [-0.2, -0.15) is 0 Å². The second-order valence-corrected chi connectivity index (χ2v) is 7.20. The molecule has 24 heavy (non-hydrogen) atoms. The summed E-state index contributed by atoms with van der Waals surface area (Å²) in [6, 6.07) is 11.9. The Hall–Kier alpha value is -1.69. The molecule has 2 N–H and O–H groups in total. The van der Waals surface area contributed by atoms with Crippen LogP contribution in [0.1, 0.15) is 34.9 Å². The Balaban J connectivity index is 1.74. The van der Waals surface area contributed by atoms with E-state index in [1.165, 1.54) is 11.3 Å². The number of benzene rings is 1. The fourth-order valence-electron chi connectivity index (χ4n) is 3.30. The lowest BCUT2D eigenvalue weighted by Gasteiger charge is -2.36. The second-order valence-electron chi connectivity index (χ2n) is 6.25. The Morgan fingerprint density at radius 1 is 1.29 bits per heavy atom. The lowest BCUT2D eigenvalue weighted by Crippen LogP contribution is -2.48. The number of ether oxygens (including phenoxy) is 1. The van der Waals surface area contributed by atoms with Gasteiger partial charge in [-0.05, 0) is 42.3 Å². The molecular formula is C19H23NO3S. The summed E-state index contributed by atoms with van der Waals surface area (Å²) in [5.41, 5.74) is 1.52. The molecule has 1 atom stereocenters. The Bertz CT molecular complexity index is 677. The van der Waals surface area contributed by atoms with Crippen molar-refractivity contribution in [2.24, 2.45) is 0 Å². The van der Waals surface area contributed by atoms with E-state index in [1.807, 2.05) is 48.7 Å². The van der Waals surface area contributed by atoms with Gasteiger partial charge in [0.2, 0.25) is 5.91 Å². The van der Waals surface area contributed by atoms with E-state index >= 15 is 0 Å². The normalized spacial score (nSPS) is 18.1. The number of amides is 1. The lowest BCUT2D eigenvalue weighted by molar-refractivity contribution is -0.131. The van der Waals surface area contributed by atoms with Crippen molar-refractivity contribution >= 4 is 17.2 Å². The smallest absolute Gasteiger partial charge is 0.230 e. The van der Waals surface area contributed by atoms with Crippen LogP contribution in [-0.4, -0.2) is 30.8 Å². The van der Waals surface area contributed by atoms with E-state index in [0.717, 1.165) is 16.0 Å². The van der Waals surface area contributed by atoms with Gasteiger partial charge in [0.05, 0.1) is 5.41 Å². The molecule has 1 amide bonds. The molecule has 0 saturated carbocycles. The van der Waals surface area contributed by atoms with Crippen molar-refractivity contribution in [3.63, 3.8) is 0 Å². The molecule has 0 bridgehead atoms. The number of hydrogen-bond donors (Lipinski definition) is 2. The first-order chi connectivity index (χ1) is 11.6. The molecule has 2 heterocycles. The van der Waals surface area contributed by atoms with Gasteiger partial charge in [0, 0.05) is 24.6 Å². The van der Waals surface area contributed by atoms with Gasteiger partial charge in [-0.15, -0.1) is 11.3 Å². The molecule has 0 spiro atoms. The van der Waals surface area contributed by atoms with Crippen LogP contribution in [-0.2, 0) is 14.9 Å². The van der Waals surface area contributed by atoms with Crippen LogP contribution in [0, 0.1) is 6.92 Å². The van der Waals surface area contributed by atoms with Gasteiger partial charge in [0.25, 0.3) is 0 Å². The summed E-state index contributed by atoms with van der Waals surface area (Å²) in [6.07, 6.45) is 0.662. The predicted molar refractivity (Wildman–Crippen MR) is 95.2 cm³/mol. The minimum absolute atomic E-state index is 0.0229. The maximum absolute atomic E-state index is 13.0. The van der Waals surface area contributed by atoms with Gasteiger partial charge in [-0.25, -0.2) is 0 Å². The summed E-state index contributed by atoms with van der Waals surface area (Å²) in [6.45, 7) is 3.36. The Morgan fingerprint density at radius 3 is 2.62 bits per heavy atom. The first-order valence-electron chi connectivity index (χ1n) is 8.27. The van der Waals surface area contributed by atoms with Crippen molar-refractivity contribution in [1.29, 1.82) is 0 Å². The Kier molecular flexibility index (Phi) is 5.33. The summed E-state index contributed by atoms with van der Waals surface area (Å²) < 4.78 is 5.47. The zero-order valence-electron chi connectivity index (χ0n) is 13.8. The van der Waals surface area contributed by atoms with Crippen LogP contribution < -0.4 is 5.32 Å². The number of thiophene rings is 1. The molecule has 1 fully saturated rings. The fourth-order valence-corrected chi connectivity index (χ4v) is 4.21. The zero-order valence-corrected chi connectivity index (χ0v) is 14.6. The lowest BCUT2D eigenvalue weighted by atomic mass is 9.73. The predicted octanol–water partition coefficient (Wildman–Crippen LogP) is 2.95. The average molecular weight is 345 g/mol. The van der Waals surface area contributed by atoms with Crippen LogP contribution in [0.4, 0.5) is 0 Å². The molecule has 1 aromatic heterocycles. The summed E-state index contributed by atoms with van der Waals surface area (Å²) in [5, 5.41) is 15.3. The SMILES string of the molecule is Cc1ccsc1[C@H](O)CNC(=O)C1(c2ccccc2)CCOCC1. The molecule has 1 aliphatic heterocycles. The highest BCUT2D eigenvalue weighted by Crippen LogP contribution is 2.35. The summed E-state index contributed by atoms with van der Waals surface area (Å²) in [5.74, 6) is -0.0229. The molecule has 3 rings (SSSR count). The van der Waals surface area contributed by atoms with Gasteiger partial charge in [-0.3, -0.25) is 4.79 Å². The van der Waals surface area contributed by atoms with Crippen molar-refractivity contribution in [3.8, 4) is 0 Å². The Morgan fingerprint density at radius 2 is 2.00 bits per heavy atom. The van der Waals surface area contributed by atoms with Gasteiger partial charge in [0.1, 0.15) is 6.10 Å². The minimum atomic E-state index is -0.665. The van der Waals surface area contributed by atoms with E-state index in [-0.39, 0.29) is 12.5 Å². The first-order valence-corrected chi connectivity index (χ1v) is 9.15. The second kappa shape index (κ2) is 7.47. The van der Waals surface area contributed by atoms with Gasteiger partial charge >= 0.3 is 0 Å². The topological polar surface area (TPSA) is 58.6 Å². The summed E-state index contributed by atoms with van der Waals surface area (Å²) >= 11 is 1.52. The molecule has 1 aliphatic rings. The molecule has 0 radical (unpaired) electrons. The number of hydrogen-bond acceptors (Lipinski definition) is 4. The van der Waals surface area contributed by atoms with E-state index in [1.54, 1.807) is 0 Å². The number of carbonyl (C=O) groups is 1. The highest BCUT2D eigenvalue weighted by atomic mass is 32.1. The van der Waals surface area contributed by atoms with E-state index < -0.39 is 11.5 Å². The third-order valence-corrected chi connectivity index (χ3v) is 5.89. The molecule has 0 unspecified atom stereocenters. The molecule has 1 aromatic carbocycles. The Labute approximate surface area is 146 Å². The van der Waals surface area contributed by atoms with Crippen LogP contribution in [0.25, 0.3) is 0 Å². The molecule has 128 valence electrons.